The molecular weight excluding hydrogens is 228 g/mol. The second-order valence-corrected chi connectivity index (χ2v) is 6.34. The van der Waals surface area contributed by atoms with Crippen molar-refractivity contribution >= 4 is 17.5 Å². The lowest BCUT2D eigenvalue weighted by Crippen LogP contribution is -2.48. The molecule has 1 heterocycles. The van der Waals surface area contributed by atoms with Crippen LogP contribution in [-0.4, -0.2) is 39.5 Å². The van der Waals surface area contributed by atoms with Gasteiger partial charge in [0.1, 0.15) is 5.60 Å². The van der Waals surface area contributed by atoms with Gasteiger partial charge in [-0.2, -0.15) is 5.14 Å². The van der Waals surface area contributed by atoms with Gasteiger partial charge in [-0.25, -0.2) is 4.79 Å². The molecule has 2 atom stereocenters. The predicted octanol–water partition coefficient (Wildman–Crippen LogP) is 1.01. The van der Waals surface area contributed by atoms with Gasteiger partial charge in [-0.3, -0.25) is 0 Å². The molecule has 2 N–H and O–H groups in total. The summed E-state index contributed by atoms with van der Waals surface area (Å²) in [6, 6.07) is 0. The molecule has 16 heavy (non-hydrogen) atoms. The van der Waals surface area contributed by atoms with Crippen molar-refractivity contribution in [3.05, 3.63) is 0 Å². The fourth-order valence-corrected chi connectivity index (χ4v) is 2.35. The summed E-state index contributed by atoms with van der Waals surface area (Å²) >= 11 is -1.36. The van der Waals surface area contributed by atoms with Gasteiger partial charge in [0.05, 0.1) is 6.54 Å². The molecule has 6 heteroatoms. The number of carbonyl (C=O) groups excluding carboxylic acids is 1. The standard InChI is InChI=1S/C10H20N2O3S/c1-10(2,3)15-9(13)12-6-4-5-8(7-12)16(11)14/h8H,4-7,11H2,1-3H3/t8-,16?/m0/s1. The molecule has 0 saturated carbocycles. The summed E-state index contributed by atoms with van der Waals surface area (Å²) in [5.74, 6) is 0. The molecule has 0 aromatic rings. The van der Waals surface area contributed by atoms with Gasteiger partial charge < -0.3 is 14.2 Å². The minimum Gasteiger partial charge on any atom is -0.598 e. The number of carbonyl (C=O) groups is 1. The maximum absolute atomic E-state index is 11.7. The molecule has 5 nitrogen and oxygen atoms in total. The van der Waals surface area contributed by atoms with Crippen molar-refractivity contribution in [3.8, 4) is 0 Å². The minimum absolute atomic E-state index is 0.124. The molecule has 0 spiro atoms. The first-order chi connectivity index (χ1) is 7.29. The van der Waals surface area contributed by atoms with Crippen LogP contribution in [0.2, 0.25) is 0 Å². The second kappa shape index (κ2) is 5.25. The molecule has 1 unspecified atom stereocenters. The van der Waals surface area contributed by atoms with E-state index in [1.54, 1.807) is 4.90 Å². The Balaban J connectivity index is 2.50. The number of hydrogen-bond acceptors (Lipinski definition) is 4. The van der Waals surface area contributed by atoms with Gasteiger partial charge in [-0.1, -0.05) is 0 Å². The smallest absolute Gasteiger partial charge is 0.410 e. The number of ether oxygens (including phenoxy) is 1. The molecule has 0 aromatic carbocycles. The predicted molar refractivity (Wildman–Crippen MR) is 63.2 cm³/mol. The van der Waals surface area contributed by atoms with Gasteiger partial charge in [-0.15, -0.1) is 0 Å². The van der Waals surface area contributed by atoms with Crippen LogP contribution in [0.4, 0.5) is 4.79 Å². The Kier molecular flexibility index (Phi) is 4.46. The molecule has 1 rings (SSSR count). The van der Waals surface area contributed by atoms with E-state index in [2.05, 4.69) is 0 Å². The quantitative estimate of drug-likeness (QED) is 0.702. The van der Waals surface area contributed by atoms with Crippen LogP contribution in [0.15, 0.2) is 0 Å². The molecule has 1 saturated heterocycles. The van der Waals surface area contributed by atoms with Gasteiger partial charge in [0.25, 0.3) is 0 Å². The first-order valence-corrected chi connectivity index (χ1v) is 6.70. The van der Waals surface area contributed by atoms with E-state index in [4.69, 9.17) is 9.88 Å². The lowest BCUT2D eigenvalue weighted by Gasteiger charge is -2.33. The number of likely N-dealkylation sites (tertiary alicyclic amines) is 1. The molecule has 0 radical (unpaired) electrons. The molecule has 1 amide bonds. The Labute approximate surface area is 99.6 Å². The third-order valence-corrected chi connectivity index (χ3v) is 3.40. The highest BCUT2D eigenvalue weighted by Crippen LogP contribution is 2.18. The highest BCUT2D eigenvalue weighted by atomic mass is 32.2. The summed E-state index contributed by atoms with van der Waals surface area (Å²) in [6.07, 6.45) is 1.29. The number of hydrogen-bond donors (Lipinski definition) is 1. The van der Waals surface area contributed by atoms with Crippen molar-refractivity contribution in [2.45, 2.75) is 44.5 Å². The van der Waals surface area contributed by atoms with Crippen LogP contribution >= 0.6 is 0 Å². The highest BCUT2D eigenvalue weighted by Gasteiger charge is 2.32. The van der Waals surface area contributed by atoms with E-state index in [1.165, 1.54) is 0 Å². The van der Waals surface area contributed by atoms with Crippen LogP contribution in [0.3, 0.4) is 0 Å². The Morgan fingerprint density at radius 1 is 1.56 bits per heavy atom. The molecule has 0 aliphatic carbocycles. The first kappa shape index (κ1) is 13.6. The van der Waals surface area contributed by atoms with E-state index in [0.717, 1.165) is 12.8 Å². The highest BCUT2D eigenvalue weighted by molar-refractivity contribution is 7.89. The van der Waals surface area contributed by atoms with E-state index in [1.807, 2.05) is 20.8 Å². The van der Waals surface area contributed by atoms with Crippen LogP contribution in [0.25, 0.3) is 0 Å². The van der Waals surface area contributed by atoms with Crippen molar-refractivity contribution in [1.29, 1.82) is 0 Å². The first-order valence-electron chi connectivity index (χ1n) is 5.42. The molecule has 1 aliphatic rings. The molecule has 0 bridgehead atoms. The van der Waals surface area contributed by atoms with Crippen molar-refractivity contribution in [1.82, 2.24) is 4.90 Å². The summed E-state index contributed by atoms with van der Waals surface area (Å²) in [6.45, 7) is 6.56. The molecule has 1 fully saturated rings. The van der Waals surface area contributed by atoms with E-state index in [9.17, 15) is 9.35 Å². The van der Waals surface area contributed by atoms with E-state index in [-0.39, 0.29) is 11.3 Å². The Hall–Kier alpha value is -0.460. The van der Waals surface area contributed by atoms with Crippen LogP contribution in [-0.2, 0) is 16.1 Å². The minimum atomic E-state index is -1.36. The largest absolute Gasteiger partial charge is 0.598 e. The lowest BCUT2D eigenvalue weighted by atomic mass is 10.1. The van der Waals surface area contributed by atoms with Crippen LogP contribution in [0, 0.1) is 0 Å². The zero-order valence-corrected chi connectivity index (χ0v) is 10.9. The Bertz CT molecular complexity index is 253. The molecule has 1 aliphatic heterocycles. The summed E-state index contributed by atoms with van der Waals surface area (Å²) in [4.78, 5) is 13.3. The fraction of sp³-hybridized carbons (Fsp3) is 0.900. The van der Waals surface area contributed by atoms with Gasteiger partial charge in [0.2, 0.25) is 0 Å². The zero-order chi connectivity index (χ0) is 12.3. The van der Waals surface area contributed by atoms with Crippen molar-refractivity contribution < 1.29 is 14.1 Å². The van der Waals surface area contributed by atoms with Gasteiger partial charge >= 0.3 is 6.09 Å². The Morgan fingerprint density at radius 3 is 2.69 bits per heavy atom. The third kappa shape index (κ3) is 4.19. The van der Waals surface area contributed by atoms with Gasteiger partial charge in [0, 0.05) is 24.3 Å². The van der Waals surface area contributed by atoms with Crippen molar-refractivity contribution in [2.75, 3.05) is 13.1 Å². The SMILES string of the molecule is CC(C)(C)OC(=O)N1CCC[C@H]([S+](N)[O-])C1. The number of nitrogens with zero attached hydrogens (tertiary/aromatic N) is 1. The average molecular weight is 248 g/mol. The van der Waals surface area contributed by atoms with Crippen molar-refractivity contribution in [3.63, 3.8) is 0 Å². The number of amides is 1. The number of nitrogens with two attached hydrogens (primary N) is 1. The Morgan fingerprint density at radius 2 is 2.19 bits per heavy atom. The summed E-state index contributed by atoms with van der Waals surface area (Å²) in [5.41, 5.74) is -0.494. The number of piperidine rings is 1. The van der Waals surface area contributed by atoms with Crippen molar-refractivity contribution in [2.24, 2.45) is 5.14 Å². The maximum Gasteiger partial charge on any atom is 0.410 e. The number of rotatable bonds is 1. The third-order valence-electron chi connectivity index (χ3n) is 2.36. The molecule has 94 valence electrons. The summed E-state index contributed by atoms with van der Waals surface area (Å²) in [5, 5.41) is 5.23. The summed E-state index contributed by atoms with van der Waals surface area (Å²) in [7, 11) is 0. The topological polar surface area (TPSA) is 78.6 Å². The second-order valence-electron chi connectivity index (χ2n) is 5.02. The van der Waals surface area contributed by atoms with E-state index in [0.29, 0.717) is 13.1 Å². The fourth-order valence-electron chi connectivity index (χ4n) is 1.62. The molecule has 0 aromatic heterocycles. The zero-order valence-electron chi connectivity index (χ0n) is 10.1. The lowest BCUT2D eigenvalue weighted by molar-refractivity contribution is 0.0219. The normalized spacial score (nSPS) is 24.1. The summed E-state index contributed by atoms with van der Waals surface area (Å²) < 4.78 is 16.4. The maximum atomic E-state index is 11.7. The average Bonchev–Trinajstić information content (AvgIpc) is 2.15. The van der Waals surface area contributed by atoms with E-state index < -0.39 is 17.0 Å². The van der Waals surface area contributed by atoms with Crippen LogP contribution in [0.5, 0.6) is 0 Å². The van der Waals surface area contributed by atoms with Crippen LogP contribution < -0.4 is 5.14 Å². The molecular formula is C10H20N2O3S. The van der Waals surface area contributed by atoms with Crippen LogP contribution in [0.1, 0.15) is 33.6 Å². The monoisotopic (exact) mass is 248 g/mol. The van der Waals surface area contributed by atoms with Gasteiger partial charge in [-0.05, 0) is 27.2 Å². The van der Waals surface area contributed by atoms with E-state index >= 15 is 0 Å². The van der Waals surface area contributed by atoms with Gasteiger partial charge in [0.15, 0.2) is 5.25 Å².